The van der Waals surface area contributed by atoms with Gasteiger partial charge in [0.15, 0.2) is 0 Å². The van der Waals surface area contributed by atoms with E-state index in [-0.39, 0.29) is 5.92 Å². The Morgan fingerprint density at radius 2 is 1.92 bits per heavy atom. The van der Waals surface area contributed by atoms with Crippen LogP contribution in [0.2, 0.25) is 0 Å². The lowest BCUT2D eigenvalue weighted by atomic mass is 9.97. The molecule has 0 aliphatic carbocycles. The molecule has 0 amide bonds. The quantitative estimate of drug-likeness (QED) is 0.657. The lowest BCUT2D eigenvalue weighted by Crippen LogP contribution is -2.31. The summed E-state index contributed by atoms with van der Waals surface area (Å²) in [4.78, 5) is 0. The molecule has 5 heteroatoms. The van der Waals surface area contributed by atoms with Gasteiger partial charge in [0.05, 0.1) is 5.25 Å². The highest BCUT2D eigenvalue weighted by atomic mass is 32.2. The number of rotatable bonds is 2. The Balaban J connectivity index is 2.57. The van der Waals surface area contributed by atoms with Crippen LogP contribution in [0, 0.1) is 5.92 Å². The molecule has 72 valence electrons. The van der Waals surface area contributed by atoms with Crippen molar-refractivity contribution in [3.63, 3.8) is 0 Å². The topological polar surface area (TPSA) is 63.6 Å². The molecule has 1 heterocycles. The summed E-state index contributed by atoms with van der Waals surface area (Å²) in [6, 6.07) is 0. The highest BCUT2D eigenvalue weighted by Crippen LogP contribution is 2.22. The van der Waals surface area contributed by atoms with E-state index in [1.165, 1.54) is 0 Å². The monoisotopic (exact) mass is 194 g/mol. The minimum Gasteiger partial charge on any atom is -0.381 e. The Labute approximate surface area is 72.7 Å². The summed E-state index contributed by atoms with van der Waals surface area (Å²) in [5.41, 5.74) is 0. The molecule has 1 saturated heterocycles. The van der Waals surface area contributed by atoms with Crippen LogP contribution >= 0.6 is 0 Å². The van der Waals surface area contributed by atoms with Gasteiger partial charge in [-0.05, 0) is 25.7 Å². The Morgan fingerprint density at radius 3 is 2.33 bits per heavy atom. The molecule has 4 nitrogen and oxygen atoms in total. The van der Waals surface area contributed by atoms with Crippen molar-refractivity contribution in [3.8, 4) is 0 Å². The summed E-state index contributed by atoms with van der Waals surface area (Å²) >= 11 is 0. The fraction of sp³-hybridized carbons (Fsp3) is 1.00. The van der Waals surface area contributed by atoms with Gasteiger partial charge in [-0.1, -0.05) is 0 Å². The molecular formula is C7H14O4S. The average Bonchev–Trinajstić information content (AvgIpc) is 2.03. The predicted octanol–water partition coefficient (Wildman–Crippen LogP) is 0.689. The van der Waals surface area contributed by atoms with E-state index in [1.807, 2.05) is 0 Å². The number of ether oxygens (including phenoxy) is 1. The first-order valence-corrected chi connectivity index (χ1v) is 5.56. The van der Waals surface area contributed by atoms with Crippen LogP contribution < -0.4 is 0 Å². The lowest BCUT2D eigenvalue weighted by molar-refractivity contribution is 0.0656. The molecular weight excluding hydrogens is 180 g/mol. The van der Waals surface area contributed by atoms with Crippen LogP contribution in [0.3, 0.4) is 0 Å². The van der Waals surface area contributed by atoms with Crippen LogP contribution in [-0.2, 0) is 14.9 Å². The van der Waals surface area contributed by atoms with Gasteiger partial charge < -0.3 is 4.74 Å². The van der Waals surface area contributed by atoms with E-state index in [2.05, 4.69) is 0 Å². The minimum atomic E-state index is -3.86. The van der Waals surface area contributed by atoms with Gasteiger partial charge in [0.2, 0.25) is 0 Å². The zero-order valence-corrected chi connectivity index (χ0v) is 7.88. The molecule has 1 aliphatic rings. The third-order valence-electron chi connectivity index (χ3n) is 2.40. The van der Waals surface area contributed by atoms with Gasteiger partial charge in [-0.15, -0.1) is 0 Å². The van der Waals surface area contributed by atoms with Gasteiger partial charge >= 0.3 is 0 Å². The van der Waals surface area contributed by atoms with Crippen molar-refractivity contribution >= 4 is 10.1 Å². The molecule has 1 atom stereocenters. The van der Waals surface area contributed by atoms with Gasteiger partial charge in [0, 0.05) is 13.2 Å². The van der Waals surface area contributed by atoms with Gasteiger partial charge in [-0.25, -0.2) is 0 Å². The zero-order chi connectivity index (χ0) is 9.19. The molecule has 1 rings (SSSR count). The maximum atomic E-state index is 10.7. The molecule has 0 bridgehead atoms. The van der Waals surface area contributed by atoms with Crippen molar-refractivity contribution < 1.29 is 17.7 Å². The maximum Gasteiger partial charge on any atom is 0.267 e. The van der Waals surface area contributed by atoms with Crippen molar-refractivity contribution in [3.05, 3.63) is 0 Å². The summed E-state index contributed by atoms with van der Waals surface area (Å²) in [5, 5.41) is -0.651. The van der Waals surface area contributed by atoms with Crippen molar-refractivity contribution in [2.45, 2.75) is 25.0 Å². The molecule has 0 aromatic carbocycles. The maximum absolute atomic E-state index is 10.7. The Kier molecular flexibility index (Phi) is 3.09. The molecule has 1 unspecified atom stereocenters. The first-order valence-electron chi connectivity index (χ1n) is 4.06. The molecule has 0 radical (unpaired) electrons. The van der Waals surface area contributed by atoms with E-state index < -0.39 is 15.4 Å². The average molecular weight is 194 g/mol. The van der Waals surface area contributed by atoms with E-state index >= 15 is 0 Å². The van der Waals surface area contributed by atoms with Gasteiger partial charge in [-0.2, -0.15) is 8.42 Å². The molecule has 0 aromatic rings. The molecule has 1 N–H and O–H groups in total. The molecule has 0 saturated carbocycles. The standard InChI is InChI=1S/C7H14O4S/c1-6(12(8,9)10)7-2-4-11-5-3-7/h6-7H,2-5H2,1H3,(H,8,9,10). The van der Waals surface area contributed by atoms with Crippen LogP contribution in [0.4, 0.5) is 0 Å². The highest BCUT2D eigenvalue weighted by molar-refractivity contribution is 7.86. The first kappa shape index (κ1) is 9.95. The second-order valence-corrected chi connectivity index (χ2v) is 4.94. The molecule has 0 aromatic heterocycles. The summed E-state index contributed by atoms with van der Waals surface area (Å²) in [6.07, 6.45) is 1.45. The van der Waals surface area contributed by atoms with Gasteiger partial charge in [0.1, 0.15) is 0 Å². The van der Waals surface area contributed by atoms with Crippen LogP contribution in [-0.4, -0.2) is 31.4 Å². The van der Waals surface area contributed by atoms with E-state index in [4.69, 9.17) is 9.29 Å². The van der Waals surface area contributed by atoms with Crippen molar-refractivity contribution in [2.24, 2.45) is 5.92 Å². The third kappa shape index (κ3) is 2.43. The first-order chi connectivity index (χ1) is 5.52. The summed E-state index contributed by atoms with van der Waals surface area (Å²) in [7, 11) is -3.86. The summed E-state index contributed by atoms with van der Waals surface area (Å²) < 4.78 is 35.3. The number of hydrogen-bond acceptors (Lipinski definition) is 3. The van der Waals surface area contributed by atoms with E-state index in [9.17, 15) is 8.42 Å². The Morgan fingerprint density at radius 1 is 1.42 bits per heavy atom. The molecule has 1 aliphatic heterocycles. The fourth-order valence-electron chi connectivity index (χ4n) is 1.43. The van der Waals surface area contributed by atoms with Crippen LogP contribution in [0.15, 0.2) is 0 Å². The largest absolute Gasteiger partial charge is 0.381 e. The second kappa shape index (κ2) is 3.72. The Bertz CT molecular complexity index is 228. The molecule has 12 heavy (non-hydrogen) atoms. The van der Waals surface area contributed by atoms with Crippen molar-refractivity contribution in [1.29, 1.82) is 0 Å². The summed E-state index contributed by atoms with van der Waals surface area (Å²) in [5.74, 6) is 0.0498. The van der Waals surface area contributed by atoms with Gasteiger partial charge in [0.25, 0.3) is 10.1 Å². The highest BCUT2D eigenvalue weighted by Gasteiger charge is 2.28. The van der Waals surface area contributed by atoms with E-state index in [1.54, 1.807) is 6.92 Å². The fourth-order valence-corrected chi connectivity index (χ4v) is 2.19. The van der Waals surface area contributed by atoms with Crippen molar-refractivity contribution in [1.82, 2.24) is 0 Å². The predicted molar refractivity (Wildman–Crippen MR) is 44.6 cm³/mol. The van der Waals surface area contributed by atoms with Crippen LogP contribution in [0.5, 0.6) is 0 Å². The minimum absolute atomic E-state index is 0.0498. The normalized spacial score (nSPS) is 23.8. The van der Waals surface area contributed by atoms with E-state index in [0.29, 0.717) is 13.2 Å². The van der Waals surface area contributed by atoms with Crippen molar-refractivity contribution in [2.75, 3.05) is 13.2 Å². The Hall–Kier alpha value is -0.130. The zero-order valence-electron chi connectivity index (χ0n) is 7.06. The SMILES string of the molecule is CC(C1CCOCC1)S(=O)(=O)O. The van der Waals surface area contributed by atoms with E-state index in [0.717, 1.165) is 12.8 Å². The van der Waals surface area contributed by atoms with Crippen LogP contribution in [0.25, 0.3) is 0 Å². The number of hydrogen-bond donors (Lipinski definition) is 1. The van der Waals surface area contributed by atoms with Gasteiger partial charge in [-0.3, -0.25) is 4.55 Å². The summed E-state index contributed by atoms with van der Waals surface area (Å²) in [6.45, 7) is 2.75. The lowest BCUT2D eigenvalue weighted by Gasteiger charge is -2.25. The smallest absolute Gasteiger partial charge is 0.267 e. The molecule has 1 fully saturated rings. The third-order valence-corrected chi connectivity index (χ3v) is 3.72. The molecule has 0 spiro atoms. The second-order valence-electron chi connectivity index (χ2n) is 3.17. The van der Waals surface area contributed by atoms with Crippen LogP contribution in [0.1, 0.15) is 19.8 Å².